The lowest BCUT2D eigenvalue weighted by Crippen LogP contribution is -2.53. The third-order valence-electron chi connectivity index (χ3n) is 11.2. The molecule has 2 aliphatic heterocycles. The van der Waals surface area contributed by atoms with Gasteiger partial charge in [-0.15, -0.1) is 0 Å². The number of fused-ring (bicyclic) bond motifs is 4. The number of phenolic OH excluding ortho intramolecular Hbond substituents is 1. The first-order valence-corrected chi connectivity index (χ1v) is 17.2. The standard InChI is InChI=1S/C41H33ClN2O7/c1-22(45)23-11-14-27(15-12-23)43-37(47)30-17-16-29-31(35(30)39(43)49)21-32-38(48)44(28-10-6-9-26(42)20-28)40(50)41(32,25-7-4-3-5-8-25)36(29)24-13-18-33(46)34(19-24)51-2/h3-16,18-20,30-32,35-36,46H,17,21H2,1-2H3/t30-,31+,32-,35-,36-,41+/m0/s1. The highest BCUT2D eigenvalue weighted by molar-refractivity contribution is 6.32. The maximum atomic E-state index is 15.3. The third-order valence-corrected chi connectivity index (χ3v) is 11.5. The minimum Gasteiger partial charge on any atom is -0.504 e. The van der Waals surface area contributed by atoms with Crippen molar-refractivity contribution in [3.05, 3.63) is 130 Å². The van der Waals surface area contributed by atoms with Crippen molar-refractivity contribution in [3.8, 4) is 11.5 Å². The number of nitrogens with zero attached hydrogens (tertiary/aromatic N) is 2. The number of rotatable bonds is 6. The number of allylic oxidation sites excluding steroid dienone is 2. The minimum absolute atomic E-state index is 0.0889. The zero-order chi connectivity index (χ0) is 35.8. The van der Waals surface area contributed by atoms with Crippen LogP contribution in [0.1, 0.15) is 47.2 Å². The molecule has 0 unspecified atom stereocenters. The predicted octanol–water partition coefficient (Wildman–Crippen LogP) is 6.62. The number of phenols is 1. The largest absolute Gasteiger partial charge is 0.504 e. The Balaban J connectivity index is 1.33. The van der Waals surface area contributed by atoms with Crippen LogP contribution in [0.5, 0.6) is 11.5 Å². The smallest absolute Gasteiger partial charge is 0.246 e. The van der Waals surface area contributed by atoms with Crippen LogP contribution in [0.3, 0.4) is 0 Å². The van der Waals surface area contributed by atoms with E-state index in [9.17, 15) is 24.3 Å². The van der Waals surface area contributed by atoms with E-state index < -0.39 is 46.8 Å². The third kappa shape index (κ3) is 4.71. The Hall–Kier alpha value is -5.54. The predicted molar refractivity (Wildman–Crippen MR) is 190 cm³/mol. The number of halogens is 1. The molecule has 6 atom stereocenters. The molecule has 256 valence electrons. The van der Waals surface area contributed by atoms with Crippen molar-refractivity contribution < 1.29 is 33.8 Å². The van der Waals surface area contributed by atoms with Crippen LogP contribution in [0.15, 0.2) is 109 Å². The summed E-state index contributed by atoms with van der Waals surface area (Å²) in [5.41, 5.74) is 1.77. The molecule has 51 heavy (non-hydrogen) atoms. The zero-order valence-electron chi connectivity index (χ0n) is 27.8. The molecule has 8 rings (SSSR count). The fourth-order valence-corrected chi connectivity index (χ4v) is 9.28. The molecule has 4 aromatic carbocycles. The topological polar surface area (TPSA) is 121 Å². The van der Waals surface area contributed by atoms with Crippen LogP contribution >= 0.6 is 11.6 Å². The number of ether oxygens (including phenoxy) is 1. The van der Waals surface area contributed by atoms with E-state index in [0.29, 0.717) is 33.1 Å². The van der Waals surface area contributed by atoms with Gasteiger partial charge in [0.1, 0.15) is 0 Å². The molecule has 0 bridgehead atoms. The Morgan fingerprint density at radius 1 is 0.824 bits per heavy atom. The summed E-state index contributed by atoms with van der Waals surface area (Å²) in [6.07, 6.45) is 2.37. The molecule has 4 amide bonds. The summed E-state index contributed by atoms with van der Waals surface area (Å²) < 4.78 is 5.53. The Kier molecular flexibility index (Phi) is 7.72. The second-order valence-corrected chi connectivity index (χ2v) is 14.1. The van der Waals surface area contributed by atoms with Gasteiger partial charge in [-0.2, -0.15) is 0 Å². The van der Waals surface area contributed by atoms with Crippen molar-refractivity contribution in [2.24, 2.45) is 23.7 Å². The molecule has 2 saturated heterocycles. The maximum absolute atomic E-state index is 15.3. The first-order valence-electron chi connectivity index (χ1n) is 16.8. The Morgan fingerprint density at radius 2 is 1.57 bits per heavy atom. The number of carbonyl (C=O) groups excluding carboxylic acids is 5. The number of amides is 4. The number of carbonyl (C=O) groups is 5. The van der Waals surface area contributed by atoms with E-state index in [2.05, 4.69) is 0 Å². The molecular weight excluding hydrogens is 668 g/mol. The highest BCUT2D eigenvalue weighted by Crippen LogP contribution is 2.64. The normalized spacial score (nSPS) is 26.8. The van der Waals surface area contributed by atoms with Crippen LogP contribution in [0, 0.1) is 23.7 Å². The molecule has 9 nitrogen and oxygen atoms in total. The molecule has 1 N–H and O–H groups in total. The number of anilines is 2. The molecule has 2 aliphatic carbocycles. The summed E-state index contributed by atoms with van der Waals surface area (Å²) in [6.45, 7) is 1.45. The molecule has 2 heterocycles. The number of imide groups is 2. The van der Waals surface area contributed by atoms with E-state index in [4.69, 9.17) is 16.3 Å². The van der Waals surface area contributed by atoms with Gasteiger partial charge in [-0.05, 0) is 91.4 Å². The van der Waals surface area contributed by atoms with Gasteiger partial charge in [0.25, 0.3) is 0 Å². The maximum Gasteiger partial charge on any atom is 0.246 e. The first kappa shape index (κ1) is 32.7. The minimum atomic E-state index is -1.45. The highest BCUT2D eigenvalue weighted by Gasteiger charge is 2.70. The fraction of sp³-hybridized carbons (Fsp3) is 0.244. The molecule has 4 aromatic rings. The van der Waals surface area contributed by atoms with Crippen LogP contribution in [0.4, 0.5) is 11.4 Å². The number of Topliss-reactive ketones (excluding diaryl/α,β-unsaturated/α-hetero) is 1. The second kappa shape index (κ2) is 12.1. The lowest BCUT2D eigenvalue weighted by atomic mass is 9.49. The molecule has 4 aliphatic rings. The second-order valence-electron chi connectivity index (χ2n) is 13.6. The van der Waals surface area contributed by atoms with E-state index in [1.807, 2.05) is 36.4 Å². The van der Waals surface area contributed by atoms with E-state index >= 15 is 4.79 Å². The van der Waals surface area contributed by atoms with Gasteiger partial charge in [-0.1, -0.05) is 65.7 Å². The first-order chi connectivity index (χ1) is 24.6. The Bertz CT molecular complexity index is 2180. The van der Waals surface area contributed by atoms with Crippen LogP contribution in [-0.2, 0) is 24.6 Å². The highest BCUT2D eigenvalue weighted by atomic mass is 35.5. The average Bonchev–Trinajstić information content (AvgIpc) is 3.53. The average molecular weight is 701 g/mol. The number of benzene rings is 4. The number of methoxy groups -OCH3 is 1. The van der Waals surface area contributed by atoms with E-state index in [0.717, 1.165) is 5.57 Å². The van der Waals surface area contributed by atoms with Gasteiger partial charge in [0.15, 0.2) is 17.3 Å². The summed E-state index contributed by atoms with van der Waals surface area (Å²) in [7, 11) is 1.44. The fourth-order valence-electron chi connectivity index (χ4n) is 9.09. The van der Waals surface area contributed by atoms with Gasteiger partial charge in [0, 0.05) is 16.5 Å². The molecule has 3 fully saturated rings. The summed E-state index contributed by atoms with van der Waals surface area (Å²) >= 11 is 6.39. The molecule has 10 heteroatoms. The Morgan fingerprint density at radius 3 is 2.25 bits per heavy atom. The van der Waals surface area contributed by atoms with E-state index in [1.165, 1.54) is 29.9 Å². The van der Waals surface area contributed by atoms with Crippen molar-refractivity contribution in [1.82, 2.24) is 0 Å². The van der Waals surface area contributed by atoms with Crippen LogP contribution in [0.2, 0.25) is 5.02 Å². The summed E-state index contributed by atoms with van der Waals surface area (Å²) in [5, 5.41) is 11.0. The Labute approximate surface area is 299 Å². The lowest BCUT2D eigenvalue weighted by molar-refractivity contribution is -0.127. The van der Waals surface area contributed by atoms with Gasteiger partial charge in [-0.25, -0.2) is 4.90 Å². The van der Waals surface area contributed by atoms with Crippen LogP contribution in [0.25, 0.3) is 0 Å². The molecule has 0 aromatic heterocycles. The van der Waals surface area contributed by atoms with Crippen LogP contribution in [-0.4, -0.2) is 41.6 Å². The molecular formula is C41H33ClN2O7. The number of hydrogen-bond donors (Lipinski definition) is 1. The SMILES string of the molecule is COc1cc([C@H]2C3=CC[C@@H]4C(=O)N(c5ccc(C(C)=O)cc5)C(=O)[C@@H]4[C@@H]3C[C@H]3C(=O)N(c4cccc(Cl)c4)C(=O)[C@@]23c2ccccc2)ccc1O. The summed E-state index contributed by atoms with van der Waals surface area (Å²) in [5.74, 6) is -5.32. The summed E-state index contributed by atoms with van der Waals surface area (Å²) in [4.78, 5) is 73.1. The molecule has 0 spiro atoms. The van der Waals surface area contributed by atoms with Crippen molar-refractivity contribution in [1.29, 1.82) is 0 Å². The van der Waals surface area contributed by atoms with Crippen molar-refractivity contribution in [2.75, 3.05) is 16.9 Å². The van der Waals surface area contributed by atoms with Crippen molar-refractivity contribution in [2.45, 2.75) is 31.1 Å². The molecule has 0 radical (unpaired) electrons. The summed E-state index contributed by atoms with van der Waals surface area (Å²) in [6, 6.07) is 27.2. The van der Waals surface area contributed by atoms with Gasteiger partial charge < -0.3 is 9.84 Å². The van der Waals surface area contributed by atoms with Crippen LogP contribution < -0.4 is 14.5 Å². The van der Waals surface area contributed by atoms with Gasteiger partial charge in [0.2, 0.25) is 23.6 Å². The quantitative estimate of drug-likeness (QED) is 0.136. The van der Waals surface area contributed by atoms with E-state index in [1.54, 1.807) is 60.7 Å². The van der Waals surface area contributed by atoms with Gasteiger partial charge in [0.05, 0.1) is 41.7 Å². The number of ketones is 1. The van der Waals surface area contributed by atoms with Gasteiger partial charge in [-0.3, -0.25) is 28.9 Å². The van der Waals surface area contributed by atoms with Gasteiger partial charge >= 0.3 is 0 Å². The lowest BCUT2D eigenvalue weighted by Gasteiger charge is -2.50. The number of hydrogen-bond acceptors (Lipinski definition) is 7. The molecule has 1 saturated carbocycles. The van der Waals surface area contributed by atoms with E-state index in [-0.39, 0.29) is 41.9 Å². The number of aromatic hydroxyl groups is 1. The van der Waals surface area contributed by atoms with Crippen molar-refractivity contribution in [3.63, 3.8) is 0 Å². The zero-order valence-corrected chi connectivity index (χ0v) is 28.5. The van der Waals surface area contributed by atoms with Crippen molar-refractivity contribution >= 4 is 52.4 Å². The monoisotopic (exact) mass is 700 g/mol.